The Bertz CT molecular complexity index is 1810. The van der Waals surface area contributed by atoms with Gasteiger partial charge in [0.05, 0.1) is 32.3 Å². The lowest BCUT2D eigenvalue weighted by atomic mass is 9.58. The number of nitrogens with zero attached hydrogens (tertiary/aromatic N) is 3. The lowest BCUT2D eigenvalue weighted by Crippen LogP contribution is -2.69. The van der Waals surface area contributed by atoms with E-state index in [2.05, 4.69) is 68.0 Å². The Hall–Kier alpha value is -4.08. The summed E-state index contributed by atoms with van der Waals surface area (Å²) in [6.45, 7) is 14.0. The largest absolute Gasteiger partial charge is 0.497 e. The molecule has 2 bridgehead atoms. The third-order valence-electron chi connectivity index (χ3n) is 12.2. The Kier molecular flexibility index (Phi) is 17.1. The van der Waals surface area contributed by atoms with E-state index in [4.69, 9.17) is 14.3 Å². The number of aliphatic hydroxyl groups is 2. The van der Waals surface area contributed by atoms with Crippen LogP contribution < -0.4 is 20.9 Å². The fourth-order valence-corrected chi connectivity index (χ4v) is 10.2. The van der Waals surface area contributed by atoms with Crippen LogP contribution in [-0.2, 0) is 26.3 Å². The van der Waals surface area contributed by atoms with E-state index in [0.29, 0.717) is 12.3 Å². The summed E-state index contributed by atoms with van der Waals surface area (Å²) in [6.07, 6.45) is 5.40. The molecule has 6 N–H and O–H groups in total. The highest BCUT2D eigenvalue weighted by Crippen LogP contribution is 2.60. The third-order valence-corrected chi connectivity index (χ3v) is 12.2. The van der Waals surface area contributed by atoms with Gasteiger partial charge in [0.1, 0.15) is 11.9 Å². The third kappa shape index (κ3) is 9.21. The Morgan fingerprint density at radius 3 is 2.41 bits per heavy atom. The molecule has 9 atom stereocenters. The zero-order valence-electron chi connectivity index (χ0n) is 35.5. The van der Waals surface area contributed by atoms with Gasteiger partial charge in [0.15, 0.2) is 0 Å². The van der Waals surface area contributed by atoms with Crippen LogP contribution in [-0.4, -0.2) is 116 Å². The van der Waals surface area contributed by atoms with E-state index < -0.39 is 18.6 Å². The number of fused-ring (bicyclic) bond motifs is 6. The van der Waals surface area contributed by atoms with Crippen molar-refractivity contribution in [3.8, 4) is 5.75 Å². The highest BCUT2D eigenvalue weighted by molar-refractivity contribution is 5.88. The van der Waals surface area contributed by atoms with Crippen LogP contribution in [0.5, 0.6) is 5.75 Å². The van der Waals surface area contributed by atoms with Gasteiger partial charge in [0, 0.05) is 72.4 Å². The molecular weight excluding hydrogens is 747 g/mol. The summed E-state index contributed by atoms with van der Waals surface area (Å²) in [6, 6.07) is 14.8. The van der Waals surface area contributed by atoms with E-state index in [-0.39, 0.29) is 35.3 Å². The maximum Gasteiger partial charge on any atom is 0.314 e. The van der Waals surface area contributed by atoms with Gasteiger partial charge in [0.25, 0.3) is 0 Å². The minimum Gasteiger partial charge on any atom is -0.497 e. The van der Waals surface area contributed by atoms with E-state index in [1.54, 1.807) is 12.5 Å². The molecule has 3 fully saturated rings. The van der Waals surface area contributed by atoms with Crippen molar-refractivity contribution in [2.75, 3.05) is 52.3 Å². The molecule has 1 saturated carbocycles. The predicted octanol–water partition coefficient (Wildman–Crippen LogP) is 5.72. The molecular formula is C44H66F2N6O6. The van der Waals surface area contributed by atoms with Gasteiger partial charge in [-0.3, -0.25) is 24.8 Å². The summed E-state index contributed by atoms with van der Waals surface area (Å²) in [7, 11) is 5.21. The number of esters is 1. The van der Waals surface area contributed by atoms with E-state index in [1.165, 1.54) is 43.0 Å². The van der Waals surface area contributed by atoms with E-state index in [1.807, 2.05) is 46.9 Å². The number of alkyl halides is 2. The number of likely N-dealkylation sites (N-methyl/N-ethyl adjacent to an activating group) is 1. The van der Waals surface area contributed by atoms with Crippen LogP contribution >= 0.6 is 0 Å². The normalized spacial score (nSPS) is 29.4. The minimum absolute atomic E-state index is 0.00560. The minimum atomic E-state index is -2.17. The second kappa shape index (κ2) is 21.3. The number of amides is 1. The number of methoxy groups -OCH3 is 2. The SMILES string of the molecule is CC.CC.CC(F)F.COC(=O)C1CC2CCCN(Cc3c1[nH]c1ccccc31)C2.COc1ccc2c(c1)N(C)C1C(O)C(O)C3C=CCN4CCC21C34.NNC=O. The Morgan fingerprint density at radius 1 is 1.07 bits per heavy atom. The average Bonchev–Trinajstić information content (AvgIpc) is 3.89. The second-order valence-electron chi connectivity index (χ2n) is 15.1. The van der Waals surface area contributed by atoms with Crippen molar-refractivity contribution >= 4 is 29.0 Å². The molecule has 1 spiro atoms. The first-order chi connectivity index (χ1) is 28.0. The molecule has 9 unspecified atom stereocenters. The number of carbonyl (C=O) groups excluding carboxylic acids is 2. The Labute approximate surface area is 342 Å². The number of aliphatic hydroxyl groups excluding tert-OH is 2. The Balaban J connectivity index is 0.000000203. The summed E-state index contributed by atoms with van der Waals surface area (Å²) in [5.74, 6) is 5.57. The lowest BCUT2D eigenvalue weighted by Gasteiger charge is -2.54. The molecule has 1 aliphatic carbocycles. The van der Waals surface area contributed by atoms with Crippen molar-refractivity contribution in [1.82, 2.24) is 20.2 Å². The maximum absolute atomic E-state index is 12.4. The van der Waals surface area contributed by atoms with Gasteiger partial charge in [-0.2, -0.15) is 0 Å². The molecule has 0 radical (unpaired) electrons. The topological polar surface area (TPSA) is 157 Å². The number of para-hydroxylation sites is 1. The average molecular weight is 813 g/mol. The van der Waals surface area contributed by atoms with Crippen molar-refractivity contribution in [3.63, 3.8) is 0 Å². The molecule has 1 amide bonds. The van der Waals surface area contributed by atoms with Crippen LogP contribution in [0.4, 0.5) is 14.5 Å². The van der Waals surface area contributed by atoms with Gasteiger partial charge in [-0.25, -0.2) is 14.6 Å². The number of hydrogen-bond donors (Lipinski definition) is 5. The number of halogens is 2. The summed E-state index contributed by atoms with van der Waals surface area (Å²) in [4.78, 5) is 32.0. The van der Waals surface area contributed by atoms with Gasteiger partial charge in [-0.15, -0.1) is 0 Å². The molecule has 2 saturated heterocycles. The second-order valence-corrected chi connectivity index (χ2v) is 15.1. The number of rotatable bonds is 3. The van der Waals surface area contributed by atoms with Gasteiger partial charge in [-0.05, 0) is 74.9 Å². The highest BCUT2D eigenvalue weighted by atomic mass is 19.3. The van der Waals surface area contributed by atoms with E-state index in [0.717, 1.165) is 68.6 Å². The maximum atomic E-state index is 12.4. The van der Waals surface area contributed by atoms with Crippen LogP contribution in [0.25, 0.3) is 10.9 Å². The van der Waals surface area contributed by atoms with Crippen molar-refractivity contribution in [2.24, 2.45) is 17.7 Å². The van der Waals surface area contributed by atoms with Crippen LogP contribution in [0.3, 0.4) is 0 Å². The van der Waals surface area contributed by atoms with Gasteiger partial charge in [-0.1, -0.05) is 64.1 Å². The number of anilines is 1. The van der Waals surface area contributed by atoms with Crippen molar-refractivity contribution in [2.45, 2.75) is 109 Å². The monoisotopic (exact) mass is 813 g/mol. The van der Waals surface area contributed by atoms with Crippen molar-refractivity contribution in [3.05, 3.63) is 71.4 Å². The molecule has 3 aromatic rings. The molecule has 1 aromatic heterocycles. The zero-order chi connectivity index (χ0) is 42.7. The molecule has 58 heavy (non-hydrogen) atoms. The molecule has 2 aromatic carbocycles. The number of carbonyl (C=O) groups is 2. The van der Waals surface area contributed by atoms with Crippen LogP contribution in [0, 0.1) is 11.8 Å². The molecule has 322 valence electrons. The first kappa shape index (κ1) is 46.6. The standard InChI is InChI=1S/C19H24N2O3.C18H22N2O2.C2H4F2.2C2H6.CH4N2O/c1-20-14-10-11(24-2)5-6-13(14)19-7-9-21-8-3-4-12(17(19)21)15(22)16(23)18(19)20;1-22-18(21)14-9-12-5-4-8-20(10-12)11-15-13-6-2-3-7-16(13)19-17(14)15;1-2(3)4;2*1-2;2-3-1-4/h3-6,10,12,15-18,22-23H,7-9H2,1-2H3;2-3,6-7,12,14,19H,4-5,8-11H2,1H3;2H,1H3;2*1-2H3;1H,2H2,(H,3,4). The molecule has 6 aliphatic rings. The fourth-order valence-electron chi connectivity index (χ4n) is 10.2. The van der Waals surface area contributed by atoms with Crippen LogP contribution in [0.1, 0.15) is 83.0 Å². The summed E-state index contributed by atoms with van der Waals surface area (Å²) in [5.41, 5.74) is 7.54. The number of ether oxygens (including phenoxy) is 2. The molecule has 9 rings (SSSR count). The van der Waals surface area contributed by atoms with Gasteiger partial charge in [0.2, 0.25) is 12.8 Å². The zero-order valence-corrected chi connectivity index (χ0v) is 35.5. The van der Waals surface area contributed by atoms with E-state index >= 15 is 0 Å². The summed E-state index contributed by atoms with van der Waals surface area (Å²) in [5, 5.41) is 23.0. The number of benzene rings is 2. The first-order valence-corrected chi connectivity index (χ1v) is 20.8. The molecule has 5 aliphatic heterocycles. The number of nitrogens with two attached hydrogens (primary N) is 1. The summed E-state index contributed by atoms with van der Waals surface area (Å²) < 4.78 is 31.2. The number of nitrogens with one attached hydrogen (secondary N) is 2. The molecule has 12 nitrogen and oxygen atoms in total. The highest BCUT2D eigenvalue weighted by Gasteiger charge is 2.67. The van der Waals surface area contributed by atoms with Gasteiger partial charge < -0.3 is 29.6 Å². The van der Waals surface area contributed by atoms with Crippen LogP contribution in [0.15, 0.2) is 54.6 Å². The number of piperidine rings is 1. The number of hydrogen-bond acceptors (Lipinski definition) is 10. The first-order valence-electron chi connectivity index (χ1n) is 20.8. The number of hydrazine groups is 1. The van der Waals surface area contributed by atoms with Crippen molar-refractivity contribution < 1.29 is 38.1 Å². The summed E-state index contributed by atoms with van der Waals surface area (Å²) >= 11 is 0. The predicted molar refractivity (Wildman–Crippen MR) is 225 cm³/mol. The number of aromatic amines is 1. The number of H-pyrrole nitrogens is 1. The fraction of sp³-hybridized carbons (Fsp3) is 0.591. The van der Waals surface area contributed by atoms with Crippen LogP contribution in [0.2, 0.25) is 0 Å². The molecule has 6 heterocycles. The Morgan fingerprint density at radius 2 is 1.76 bits per heavy atom. The quantitative estimate of drug-likeness (QED) is 0.0554. The van der Waals surface area contributed by atoms with Crippen molar-refractivity contribution in [1.29, 1.82) is 0 Å². The van der Waals surface area contributed by atoms with E-state index in [9.17, 15) is 23.8 Å². The number of aromatic nitrogens is 1. The molecule has 14 heteroatoms. The smallest absolute Gasteiger partial charge is 0.314 e. The van der Waals surface area contributed by atoms with Gasteiger partial charge >= 0.3 is 5.97 Å². The lowest BCUT2D eigenvalue weighted by molar-refractivity contribution is -0.143.